The van der Waals surface area contributed by atoms with Crippen LogP contribution >= 0.6 is 23.2 Å². The summed E-state index contributed by atoms with van der Waals surface area (Å²) >= 11 is 11.8. The molecule has 0 unspecified atom stereocenters. The first-order valence-electron chi connectivity index (χ1n) is 6.01. The summed E-state index contributed by atoms with van der Waals surface area (Å²) in [6.07, 6.45) is 1.47. The number of rotatable bonds is 4. The van der Waals surface area contributed by atoms with Gasteiger partial charge in [0, 0.05) is 11.6 Å². The fourth-order valence-corrected chi connectivity index (χ4v) is 2.32. The Morgan fingerprint density at radius 2 is 2.19 bits per heavy atom. The van der Waals surface area contributed by atoms with Crippen LogP contribution in [0.3, 0.4) is 0 Å². The van der Waals surface area contributed by atoms with Gasteiger partial charge in [0.05, 0.1) is 34.7 Å². The Balaban J connectivity index is 2.30. The van der Waals surface area contributed by atoms with Gasteiger partial charge in [0.15, 0.2) is 0 Å². The molecule has 8 heteroatoms. The minimum Gasteiger partial charge on any atom is -0.354 e. The molecule has 6 nitrogen and oxygen atoms in total. The zero-order valence-electron chi connectivity index (χ0n) is 10.8. The summed E-state index contributed by atoms with van der Waals surface area (Å²) < 4.78 is 1.16. The molecule has 2 aromatic rings. The molecular weight excluding hydrogens is 315 g/mol. The minimum atomic E-state index is -0.403. The van der Waals surface area contributed by atoms with Crippen molar-refractivity contribution in [2.45, 2.75) is 13.0 Å². The molecule has 1 aromatic heterocycles. The summed E-state index contributed by atoms with van der Waals surface area (Å²) in [5, 5.41) is 11.8. The van der Waals surface area contributed by atoms with Crippen LogP contribution in [-0.4, -0.2) is 22.0 Å². The number of nitrogens with one attached hydrogen (secondary N) is 1. The Kier molecular flexibility index (Phi) is 4.78. The average Bonchev–Trinajstić information content (AvgIpc) is 2.43. The summed E-state index contributed by atoms with van der Waals surface area (Å²) in [6, 6.07) is 4.87. The van der Waals surface area contributed by atoms with Crippen molar-refractivity contribution < 1.29 is 4.79 Å². The Morgan fingerprint density at radius 3 is 2.90 bits per heavy atom. The van der Waals surface area contributed by atoms with Crippen LogP contribution in [0.5, 0.6) is 0 Å². The lowest BCUT2D eigenvalue weighted by molar-refractivity contribution is -0.121. The Hall–Kier alpha value is -2.10. The first-order valence-corrected chi connectivity index (χ1v) is 6.76. The van der Waals surface area contributed by atoms with Crippen molar-refractivity contribution >= 4 is 40.0 Å². The van der Waals surface area contributed by atoms with Crippen LogP contribution < -0.4 is 10.9 Å². The van der Waals surface area contributed by atoms with Gasteiger partial charge in [0.25, 0.3) is 5.56 Å². The molecule has 2 rings (SSSR count). The van der Waals surface area contributed by atoms with Crippen molar-refractivity contribution in [2.24, 2.45) is 0 Å². The minimum absolute atomic E-state index is 0.183. The molecule has 0 saturated heterocycles. The highest BCUT2D eigenvalue weighted by Crippen LogP contribution is 2.23. The van der Waals surface area contributed by atoms with E-state index in [0.717, 1.165) is 4.57 Å². The molecule has 1 aromatic carbocycles. The maximum Gasteiger partial charge on any atom is 0.261 e. The molecule has 1 amide bonds. The number of carbonyl (C=O) groups is 1. The second kappa shape index (κ2) is 6.57. The smallest absolute Gasteiger partial charge is 0.261 e. The van der Waals surface area contributed by atoms with Gasteiger partial charge in [-0.05, 0) is 12.1 Å². The van der Waals surface area contributed by atoms with Gasteiger partial charge < -0.3 is 5.32 Å². The molecule has 0 aliphatic carbocycles. The SMILES string of the molecule is N#CCCNC(=O)Cn1cnc2c(Cl)cc(Cl)cc2c1=O. The van der Waals surface area contributed by atoms with Gasteiger partial charge in [0.2, 0.25) is 5.91 Å². The molecular formula is C13H10Cl2N4O2. The number of fused-ring (bicyclic) bond motifs is 1. The van der Waals surface area contributed by atoms with E-state index in [0.29, 0.717) is 10.5 Å². The van der Waals surface area contributed by atoms with E-state index in [-0.39, 0.29) is 35.8 Å². The lowest BCUT2D eigenvalue weighted by atomic mass is 10.2. The number of amides is 1. The molecule has 0 bridgehead atoms. The molecule has 0 aliphatic heterocycles. The second-order valence-corrected chi connectivity index (χ2v) is 5.06. The number of nitriles is 1. The van der Waals surface area contributed by atoms with E-state index >= 15 is 0 Å². The molecule has 0 spiro atoms. The molecule has 108 valence electrons. The van der Waals surface area contributed by atoms with Crippen LogP contribution in [0.1, 0.15) is 6.42 Å². The number of aromatic nitrogens is 2. The Bertz CT molecular complexity index is 795. The fraction of sp³-hybridized carbons (Fsp3) is 0.231. The molecule has 0 aliphatic rings. The number of benzene rings is 1. The van der Waals surface area contributed by atoms with Gasteiger partial charge >= 0.3 is 0 Å². The third-order valence-electron chi connectivity index (χ3n) is 2.72. The van der Waals surface area contributed by atoms with E-state index in [1.54, 1.807) is 0 Å². The lowest BCUT2D eigenvalue weighted by Gasteiger charge is -2.07. The van der Waals surface area contributed by atoms with Crippen LogP contribution in [0.4, 0.5) is 0 Å². The van der Waals surface area contributed by atoms with Crippen LogP contribution in [0.25, 0.3) is 10.9 Å². The van der Waals surface area contributed by atoms with E-state index < -0.39 is 5.56 Å². The van der Waals surface area contributed by atoms with Crippen LogP contribution in [0.2, 0.25) is 10.0 Å². The van der Waals surface area contributed by atoms with Crippen molar-refractivity contribution in [3.63, 3.8) is 0 Å². The van der Waals surface area contributed by atoms with E-state index in [9.17, 15) is 9.59 Å². The number of hydrogen-bond acceptors (Lipinski definition) is 4. The highest BCUT2D eigenvalue weighted by molar-refractivity contribution is 6.38. The zero-order chi connectivity index (χ0) is 15.4. The molecule has 21 heavy (non-hydrogen) atoms. The van der Waals surface area contributed by atoms with E-state index in [1.165, 1.54) is 18.5 Å². The number of halogens is 2. The predicted octanol–water partition coefficient (Wildman–Crippen LogP) is 1.73. The summed E-state index contributed by atoms with van der Waals surface area (Å²) in [5.74, 6) is -0.373. The highest BCUT2D eigenvalue weighted by Gasteiger charge is 2.11. The van der Waals surface area contributed by atoms with Gasteiger partial charge in [-0.1, -0.05) is 23.2 Å². The molecule has 0 fully saturated rings. The van der Waals surface area contributed by atoms with E-state index in [2.05, 4.69) is 10.3 Å². The quantitative estimate of drug-likeness (QED) is 0.867. The Labute approximate surface area is 129 Å². The fourth-order valence-electron chi connectivity index (χ4n) is 1.78. The maximum absolute atomic E-state index is 12.3. The summed E-state index contributed by atoms with van der Waals surface area (Å²) in [4.78, 5) is 28.0. The third kappa shape index (κ3) is 3.51. The van der Waals surface area contributed by atoms with Crippen LogP contribution in [-0.2, 0) is 11.3 Å². The van der Waals surface area contributed by atoms with Crippen molar-refractivity contribution in [1.82, 2.24) is 14.9 Å². The van der Waals surface area contributed by atoms with E-state index in [4.69, 9.17) is 28.5 Å². The third-order valence-corrected chi connectivity index (χ3v) is 3.22. The van der Waals surface area contributed by atoms with Gasteiger partial charge in [0.1, 0.15) is 6.54 Å². The van der Waals surface area contributed by atoms with Gasteiger partial charge in [-0.2, -0.15) is 5.26 Å². The van der Waals surface area contributed by atoms with Gasteiger partial charge in [-0.25, -0.2) is 4.98 Å². The Morgan fingerprint density at radius 1 is 1.43 bits per heavy atom. The highest BCUT2D eigenvalue weighted by atomic mass is 35.5. The second-order valence-electron chi connectivity index (χ2n) is 4.22. The standard InChI is InChI=1S/C13H10Cl2N4O2/c14-8-4-9-12(10(15)5-8)18-7-19(13(9)21)6-11(20)17-3-1-2-16/h4-5,7H,1,3,6H2,(H,17,20). The lowest BCUT2D eigenvalue weighted by Crippen LogP contribution is -2.32. The molecule has 0 radical (unpaired) electrons. The first kappa shape index (κ1) is 15.3. The van der Waals surface area contributed by atoms with Gasteiger partial charge in [-0.15, -0.1) is 0 Å². The van der Waals surface area contributed by atoms with Crippen LogP contribution in [0.15, 0.2) is 23.3 Å². The molecule has 1 heterocycles. The maximum atomic E-state index is 12.3. The zero-order valence-corrected chi connectivity index (χ0v) is 12.3. The topological polar surface area (TPSA) is 87.8 Å². The average molecular weight is 325 g/mol. The van der Waals surface area contributed by atoms with E-state index in [1.807, 2.05) is 6.07 Å². The molecule has 0 saturated carbocycles. The van der Waals surface area contributed by atoms with Gasteiger partial charge in [-0.3, -0.25) is 14.2 Å². The number of hydrogen-bond donors (Lipinski definition) is 1. The summed E-state index contributed by atoms with van der Waals surface area (Å²) in [7, 11) is 0. The number of nitrogens with zero attached hydrogens (tertiary/aromatic N) is 3. The molecule has 1 N–H and O–H groups in total. The van der Waals surface area contributed by atoms with Crippen LogP contribution in [0, 0.1) is 11.3 Å². The monoisotopic (exact) mass is 324 g/mol. The molecule has 0 atom stereocenters. The summed E-state index contributed by atoms with van der Waals surface area (Å²) in [6.45, 7) is 0.0556. The van der Waals surface area contributed by atoms with Crippen molar-refractivity contribution in [2.75, 3.05) is 6.54 Å². The predicted molar refractivity (Wildman–Crippen MR) is 79.3 cm³/mol. The first-order chi connectivity index (χ1) is 10.0. The van der Waals surface area contributed by atoms with Crippen molar-refractivity contribution in [3.8, 4) is 6.07 Å². The normalized spacial score (nSPS) is 10.3. The van der Waals surface area contributed by atoms with Crippen molar-refractivity contribution in [3.05, 3.63) is 38.9 Å². The summed E-state index contributed by atoms with van der Waals surface area (Å²) in [5.41, 5.74) is -0.0629. The number of carbonyl (C=O) groups excluding carboxylic acids is 1. The largest absolute Gasteiger partial charge is 0.354 e. The van der Waals surface area contributed by atoms with Crippen molar-refractivity contribution in [1.29, 1.82) is 5.26 Å².